The number of hydrogen-bond acceptors (Lipinski definition) is 3. The van der Waals surface area contributed by atoms with Crippen LogP contribution in [0.4, 0.5) is 0 Å². The fraction of sp³-hybridized carbons (Fsp3) is 0.231. The van der Waals surface area contributed by atoms with Gasteiger partial charge in [0, 0.05) is 18.0 Å². The second kappa shape index (κ2) is 6.69. The summed E-state index contributed by atoms with van der Waals surface area (Å²) < 4.78 is 0. The Morgan fingerprint density at radius 1 is 1.00 bits per heavy atom. The van der Waals surface area contributed by atoms with Gasteiger partial charge in [0.05, 0.1) is 0 Å². The van der Waals surface area contributed by atoms with Crippen LogP contribution in [-0.2, 0) is 0 Å². The number of aromatic nitrogens is 2. The average molecular weight is 215 g/mol. The Hall–Kier alpha value is -1.74. The topological polar surface area (TPSA) is 51.8 Å². The summed E-state index contributed by atoms with van der Waals surface area (Å²) in [7, 11) is 0. The van der Waals surface area contributed by atoms with E-state index < -0.39 is 0 Å². The minimum Gasteiger partial charge on any atom is -0.331 e. The Morgan fingerprint density at radius 2 is 1.50 bits per heavy atom. The summed E-state index contributed by atoms with van der Waals surface area (Å²) in [6.45, 7) is 4.54. The van der Waals surface area contributed by atoms with Crippen molar-refractivity contribution in [2.24, 2.45) is 5.73 Å². The van der Waals surface area contributed by atoms with E-state index in [1.54, 1.807) is 0 Å². The van der Waals surface area contributed by atoms with Gasteiger partial charge in [0.25, 0.3) is 0 Å². The standard InChI is InChI=1S/C11H10N2.C2H7N/c1-9-12-7-11(8-13-9)10-5-3-2-4-6-10;1-2-3/h2-8H,1H3;2-3H2,1H3. The molecule has 0 radical (unpaired) electrons. The van der Waals surface area contributed by atoms with E-state index in [2.05, 4.69) is 9.97 Å². The molecule has 0 saturated carbocycles. The predicted molar refractivity (Wildman–Crippen MR) is 66.9 cm³/mol. The maximum atomic E-state index is 4.85. The van der Waals surface area contributed by atoms with Gasteiger partial charge in [0.2, 0.25) is 0 Å². The molecule has 1 aromatic carbocycles. The van der Waals surface area contributed by atoms with Gasteiger partial charge in [-0.05, 0) is 19.0 Å². The highest BCUT2D eigenvalue weighted by atomic mass is 14.8. The first-order valence-corrected chi connectivity index (χ1v) is 5.32. The second-order valence-corrected chi connectivity index (χ2v) is 3.29. The zero-order chi connectivity index (χ0) is 11.8. The molecular weight excluding hydrogens is 198 g/mol. The van der Waals surface area contributed by atoms with Crippen LogP contribution in [0.2, 0.25) is 0 Å². The summed E-state index contributed by atoms with van der Waals surface area (Å²) in [5.41, 5.74) is 7.06. The molecule has 0 spiro atoms. The fourth-order valence-corrected chi connectivity index (χ4v) is 1.17. The Bertz CT molecular complexity index is 395. The smallest absolute Gasteiger partial charge is 0.125 e. The number of nitrogens with two attached hydrogens (primary N) is 1. The van der Waals surface area contributed by atoms with Crippen molar-refractivity contribution in [3.63, 3.8) is 0 Å². The van der Waals surface area contributed by atoms with Crippen LogP contribution in [0.5, 0.6) is 0 Å². The average Bonchev–Trinajstić information content (AvgIpc) is 2.32. The number of aryl methyl sites for hydroxylation is 1. The highest BCUT2D eigenvalue weighted by Crippen LogP contribution is 2.15. The van der Waals surface area contributed by atoms with Gasteiger partial charge in [-0.25, -0.2) is 9.97 Å². The molecule has 3 nitrogen and oxygen atoms in total. The first-order valence-electron chi connectivity index (χ1n) is 5.32. The van der Waals surface area contributed by atoms with Crippen molar-refractivity contribution in [2.75, 3.05) is 6.54 Å². The third-order valence-corrected chi connectivity index (χ3v) is 1.89. The molecule has 0 fully saturated rings. The van der Waals surface area contributed by atoms with Gasteiger partial charge in [0.15, 0.2) is 0 Å². The van der Waals surface area contributed by atoms with Gasteiger partial charge in [0.1, 0.15) is 5.82 Å². The molecule has 0 aliphatic heterocycles. The van der Waals surface area contributed by atoms with Gasteiger partial charge < -0.3 is 5.73 Å². The molecule has 1 aromatic heterocycles. The number of rotatable bonds is 1. The highest BCUT2D eigenvalue weighted by Gasteiger charge is 1.95. The quantitative estimate of drug-likeness (QED) is 0.794. The van der Waals surface area contributed by atoms with E-state index in [1.165, 1.54) is 0 Å². The first kappa shape index (κ1) is 12.3. The van der Waals surface area contributed by atoms with Crippen molar-refractivity contribution in [2.45, 2.75) is 13.8 Å². The van der Waals surface area contributed by atoms with Crippen LogP contribution in [-0.4, -0.2) is 16.5 Å². The lowest BCUT2D eigenvalue weighted by molar-refractivity contribution is 1.06. The molecule has 0 bridgehead atoms. The number of nitrogens with zero attached hydrogens (tertiary/aromatic N) is 2. The summed E-state index contributed by atoms with van der Waals surface area (Å²) >= 11 is 0. The van der Waals surface area contributed by atoms with Gasteiger partial charge in [-0.2, -0.15) is 0 Å². The molecule has 0 unspecified atom stereocenters. The monoisotopic (exact) mass is 215 g/mol. The van der Waals surface area contributed by atoms with E-state index >= 15 is 0 Å². The second-order valence-electron chi connectivity index (χ2n) is 3.29. The van der Waals surface area contributed by atoms with Gasteiger partial charge in [-0.3, -0.25) is 0 Å². The van der Waals surface area contributed by atoms with Crippen LogP contribution in [0.1, 0.15) is 12.7 Å². The number of hydrogen-bond donors (Lipinski definition) is 1. The molecule has 0 atom stereocenters. The van der Waals surface area contributed by atoms with E-state index in [1.807, 2.05) is 56.6 Å². The van der Waals surface area contributed by atoms with Crippen molar-refractivity contribution in [3.8, 4) is 11.1 Å². The van der Waals surface area contributed by atoms with Crippen LogP contribution in [0.15, 0.2) is 42.7 Å². The maximum Gasteiger partial charge on any atom is 0.125 e. The van der Waals surface area contributed by atoms with Crippen molar-refractivity contribution in [1.29, 1.82) is 0 Å². The molecule has 1 heterocycles. The minimum atomic E-state index is 0.750. The van der Waals surface area contributed by atoms with Crippen LogP contribution >= 0.6 is 0 Å². The van der Waals surface area contributed by atoms with Crippen molar-refractivity contribution in [3.05, 3.63) is 48.5 Å². The van der Waals surface area contributed by atoms with Crippen molar-refractivity contribution in [1.82, 2.24) is 9.97 Å². The lowest BCUT2D eigenvalue weighted by Crippen LogP contribution is -1.87. The predicted octanol–water partition coefficient (Wildman–Crippen LogP) is 2.42. The molecular formula is C13H17N3. The molecule has 2 N–H and O–H groups in total. The normalized spacial score (nSPS) is 9.19. The minimum absolute atomic E-state index is 0.750. The summed E-state index contributed by atoms with van der Waals surface area (Å²) in [5.74, 6) is 0.805. The highest BCUT2D eigenvalue weighted by molar-refractivity contribution is 5.60. The lowest BCUT2D eigenvalue weighted by Gasteiger charge is -1.99. The molecule has 0 aliphatic rings. The zero-order valence-electron chi connectivity index (χ0n) is 9.72. The molecule has 16 heavy (non-hydrogen) atoms. The van der Waals surface area contributed by atoms with Crippen LogP contribution in [0.3, 0.4) is 0 Å². The van der Waals surface area contributed by atoms with E-state index in [4.69, 9.17) is 5.73 Å². The molecule has 3 heteroatoms. The van der Waals surface area contributed by atoms with Crippen molar-refractivity contribution >= 4 is 0 Å². The van der Waals surface area contributed by atoms with Gasteiger partial charge in [-0.15, -0.1) is 0 Å². The van der Waals surface area contributed by atoms with Crippen molar-refractivity contribution < 1.29 is 0 Å². The van der Waals surface area contributed by atoms with Gasteiger partial charge >= 0.3 is 0 Å². The van der Waals surface area contributed by atoms with Crippen LogP contribution in [0.25, 0.3) is 11.1 Å². The van der Waals surface area contributed by atoms with Crippen LogP contribution in [0, 0.1) is 6.92 Å². The Morgan fingerprint density at radius 3 is 2.00 bits per heavy atom. The Labute approximate surface area is 96.4 Å². The van der Waals surface area contributed by atoms with E-state index in [0.29, 0.717) is 0 Å². The Balaban J connectivity index is 0.000000386. The molecule has 0 aliphatic carbocycles. The largest absolute Gasteiger partial charge is 0.331 e. The van der Waals surface area contributed by atoms with E-state index in [-0.39, 0.29) is 0 Å². The number of benzene rings is 1. The molecule has 0 amide bonds. The summed E-state index contributed by atoms with van der Waals surface area (Å²) in [6.07, 6.45) is 3.69. The first-order chi connectivity index (χ1) is 7.77. The molecule has 2 aromatic rings. The molecule has 2 rings (SSSR count). The van der Waals surface area contributed by atoms with Crippen LogP contribution < -0.4 is 5.73 Å². The van der Waals surface area contributed by atoms with E-state index in [0.717, 1.165) is 23.5 Å². The Kier molecular flexibility index (Phi) is 5.16. The SMILES string of the molecule is CCN.Cc1ncc(-c2ccccc2)cn1. The summed E-state index contributed by atoms with van der Waals surface area (Å²) in [4.78, 5) is 8.29. The zero-order valence-corrected chi connectivity index (χ0v) is 9.72. The molecule has 0 saturated heterocycles. The summed E-state index contributed by atoms with van der Waals surface area (Å²) in [6, 6.07) is 10.1. The fourth-order valence-electron chi connectivity index (χ4n) is 1.17. The third-order valence-electron chi connectivity index (χ3n) is 1.89. The lowest BCUT2D eigenvalue weighted by atomic mass is 10.1. The maximum absolute atomic E-state index is 4.85. The third kappa shape index (κ3) is 3.79. The van der Waals surface area contributed by atoms with E-state index in [9.17, 15) is 0 Å². The van der Waals surface area contributed by atoms with Gasteiger partial charge in [-0.1, -0.05) is 37.3 Å². The summed E-state index contributed by atoms with van der Waals surface area (Å²) in [5, 5.41) is 0. The molecule has 84 valence electrons.